The lowest BCUT2D eigenvalue weighted by atomic mass is 9.83. The number of carbonyl (C=O) groups is 2. The van der Waals surface area contributed by atoms with Gasteiger partial charge in [0.15, 0.2) is 11.0 Å². The van der Waals surface area contributed by atoms with Crippen LogP contribution in [0.4, 0.5) is 10.1 Å². The van der Waals surface area contributed by atoms with E-state index in [1.165, 1.54) is 15.9 Å². The molecule has 2 amide bonds. The average Bonchev–Trinajstić information content (AvgIpc) is 3.36. The molecule has 6 nitrogen and oxygen atoms in total. The first-order valence-electron chi connectivity index (χ1n) is 12.8. The summed E-state index contributed by atoms with van der Waals surface area (Å²) in [5, 5.41) is 0.797. The number of anilines is 1. The minimum atomic E-state index is -1.88. The molecule has 0 fully saturated rings. The summed E-state index contributed by atoms with van der Waals surface area (Å²) < 4.78 is 20.3. The van der Waals surface area contributed by atoms with Gasteiger partial charge in [-0.05, 0) is 47.5 Å². The SMILES string of the molecule is O=C1c2oc3ccc(F)cc3c(=O)c2C2(C(=O)N(Cc3ccccc3Cl)c3ccccc32)N1Cc1ccccc1Cl. The number of hydrogen-bond donors (Lipinski definition) is 0. The molecule has 3 heterocycles. The summed E-state index contributed by atoms with van der Waals surface area (Å²) in [5.41, 5.74) is -0.433. The van der Waals surface area contributed by atoms with Gasteiger partial charge in [-0.1, -0.05) is 77.8 Å². The van der Waals surface area contributed by atoms with E-state index >= 15 is 0 Å². The van der Waals surface area contributed by atoms with Crippen molar-refractivity contribution in [3.05, 3.63) is 145 Å². The summed E-state index contributed by atoms with van der Waals surface area (Å²) >= 11 is 13.0. The Bertz CT molecular complexity index is 1990. The van der Waals surface area contributed by atoms with Gasteiger partial charge in [0.25, 0.3) is 11.8 Å². The Morgan fingerprint density at radius 3 is 2.12 bits per heavy atom. The second-order valence-electron chi connectivity index (χ2n) is 9.97. The first-order valence-corrected chi connectivity index (χ1v) is 13.5. The lowest BCUT2D eigenvalue weighted by Gasteiger charge is -2.34. The topological polar surface area (TPSA) is 70.8 Å². The summed E-state index contributed by atoms with van der Waals surface area (Å²) in [6.45, 7) is 0.00112. The Morgan fingerprint density at radius 1 is 0.780 bits per heavy atom. The van der Waals surface area contributed by atoms with Crippen LogP contribution in [0, 0.1) is 5.82 Å². The number of nitrogens with zero attached hydrogens (tertiary/aromatic N) is 2. The Labute approximate surface area is 243 Å². The normalized spacial score (nSPS) is 17.5. The number of benzene rings is 4. The average molecular weight is 585 g/mol. The Balaban J connectivity index is 1.53. The largest absolute Gasteiger partial charge is 0.450 e. The minimum absolute atomic E-state index is 0.0462. The molecule has 1 spiro atoms. The van der Waals surface area contributed by atoms with Gasteiger partial charge in [-0.25, -0.2) is 4.39 Å². The molecule has 0 saturated heterocycles. The standard InChI is InChI=1S/C32H19Cl2FN2O4/c33-23-10-4-1-7-18(23)16-36-25-12-6-3-9-22(25)32(31(36)40)27-28(38)21-15-20(35)13-14-26(21)41-29(27)30(39)37(32)17-19-8-2-5-11-24(19)34/h1-15H,16-17H2. The molecule has 0 N–H and O–H groups in total. The lowest BCUT2D eigenvalue weighted by molar-refractivity contribution is -0.126. The second-order valence-corrected chi connectivity index (χ2v) is 10.8. The van der Waals surface area contributed by atoms with Crippen LogP contribution in [0.15, 0.2) is 100 Å². The van der Waals surface area contributed by atoms with Crippen LogP contribution in [0.2, 0.25) is 10.0 Å². The van der Waals surface area contributed by atoms with Crippen LogP contribution in [0.25, 0.3) is 11.0 Å². The maximum atomic E-state index is 14.9. The van der Waals surface area contributed by atoms with Crippen LogP contribution in [0.3, 0.4) is 0 Å². The molecule has 5 aromatic rings. The van der Waals surface area contributed by atoms with E-state index in [2.05, 4.69) is 0 Å². The quantitative estimate of drug-likeness (QED) is 0.236. The van der Waals surface area contributed by atoms with Gasteiger partial charge in [-0.15, -0.1) is 0 Å². The Kier molecular flexibility index (Phi) is 5.78. The van der Waals surface area contributed by atoms with E-state index in [1.807, 2.05) is 12.1 Å². The third kappa shape index (κ3) is 3.59. The van der Waals surface area contributed by atoms with Crippen LogP contribution in [-0.4, -0.2) is 16.7 Å². The number of carbonyl (C=O) groups excluding carboxylic acids is 2. The number of fused-ring (bicyclic) bond motifs is 5. The van der Waals surface area contributed by atoms with E-state index in [-0.39, 0.29) is 35.4 Å². The smallest absolute Gasteiger partial charge is 0.291 e. The fraction of sp³-hybridized carbons (Fsp3) is 0.0938. The monoisotopic (exact) mass is 584 g/mol. The third-order valence-electron chi connectivity index (χ3n) is 7.77. The van der Waals surface area contributed by atoms with Crippen molar-refractivity contribution in [2.75, 3.05) is 4.90 Å². The highest BCUT2D eigenvalue weighted by Crippen LogP contribution is 2.53. The van der Waals surface area contributed by atoms with Crippen LogP contribution in [-0.2, 0) is 23.4 Å². The van der Waals surface area contributed by atoms with Crippen LogP contribution >= 0.6 is 23.2 Å². The first-order chi connectivity index (χ1) is 19.8. The maximum absolute atomic E-state index is 14.9. The van der Waals surface area contributed by atoms with Crippen molar-refractivity contribution in [2.45, 2.75) is 18.6 Å². The Morgan fingerprint density at radius 2 is 1.41 bits per heavy atom. The summed E-state index contributed by atoms with van der Waals surface area (Å²) in [7, 11) is 0. The predicted octanol–water partition coefficient (Wildman–Crippen LogP) is 6.69. The van der Waals surface area contributed by atoms with Gasteiger partial charge < -0.3 is 14.2 Å². The number of amides is 2. The highest BCUT2D eigenvalue weighted by molar-refractivity contribution is 6.31. The van der Waals surface area contributed by atoms with Gasteiger partial charge in [0.1, 0.15) is 11.4 Å². The molecular formula is C32H19Cl2FN2O4. The van der Waals surface area contributed by atoms with Crippen molar-refractivity contribution in [3.63, 3.8) is 0 Å². The summed E-state index contributed by atoms with van der Waals surface area (Å²) in [5.74, 6) is -2.08. The van der Waals surface area contributed by atoms with Crippen molar-refractivity contribution in [2.24, 2.45) is 0 Å². The van der Waals surface area contributed by atoms with Gasteiger partial charge in [0.2, 0.25) is 5.76 Å². The summed E-state index contributed by atoms with van der Waals surface area (Å²) in [4.78, 5) is 46.1. The van der Waals surface area contributed by atoms with Gasteiger partial charge in [0.05, 0.1) is 23.2 Å². The van der Waals surface area contributed by atoms with E-state index in [9.17, 15) is 18.8 Å². The van der Waals surface area contributed by atoms with Crippen molar-refractivity contribution in [3.8, 4) is 0 Å². The number of para-hydroxylation sites is 1. The minimum Gasteiger partial charge on any atom is -0.450 e. The van der Waals surface area contributed by atoms with Crippen molar-refractivity contribution < 1.29 is 18.4 Å². The lowest BCUT2D eigenvalue weighted by Crippen LogP contribution is -2.53. The molecule has 0 aliphatic carbocycles. The predicted molar refractivity (Wildman–Crippen MR) is 154 cm³/mol. The maximum Gasteiger partial charge on any atom is 0.291 e. The third-order valence-corrected chi connectivity index (χ3v) is 8.51. The van der Waals surface area contributed by atoms with E-state index < -0.39 is 28.6 Å². The molecule has 202 valence electrons. The van der Waals surface area contributed by atoms with Crippen molar-refractivity contribution in [1.82, 2.24) is 4.90 Å². The zero-order valence-electron chi connectivity index (χ0n) is 21.2. The van der Waals surface area contributed by atoms with E-state index in [1.54, 1.807) is 60.7 Å². The molecule has 41 heavy (non-hydrogen) atoms. The molecule has 1 unspecified atom stereocenters. The molecule has 0 bridgehead atoms. The van der Waals surface area contributed by atoms with Crippen LogP contribution in [0.5, 0.6) is 0 Å². The van der Waals surface area contributed by atoms with E-state index in [0.717, 1.165) is 12.1 Å². The van der Waals surface area contributed by atoms with Crippen molar-refractivity contribution >= 4 is 51.7 Å². The molecule has 2 aliphatic heterocycles. The zero-order chi connectivity index (χ0) is 28.5. The molecule has 2 aliphatic rings. The van der Waals surface area contributed by atoms with Gasteiger partial charge >= 0.3 is 0 Å². The highest BCUT2D eigenvalue weighted by Gasteiger charge is 2.65. The molecule has 0 radical (unpaired) electrons. The molecule has 7 rings (SSSR count). The molecular weight excluding hydrogens is 566 g/mol. The molecule has 0 saturated carbocycles. The fourth-order valence-corrected chi connectivity index (χ4v) is 6.33. The van der Waals surface area contributed by atoms with Crippen molar-refractivity contribution in [1.29, 1.82) is 0 Å². The molecule has 9 heteroatoms. The van der Waals surface area contributed by atoms with Gasteiger partial charge in [-0.2, -0.15) is 0 Å². The van der Waals surface area contributed by atoms with E-state index in [4.69, 9.17) is 27.6 Å². The van der Waals surface area contributed by atoms with E-state index in [0.29, 0.717) is 32.4 Å². The number of halogens is 3. The zero-order valence-corrected chi connectivity index (χ0v) is 22.7. The van der Waals surface area contributed by atoms with Gasteiger partial charge in [0, 0.05) is 22.2 Å². The Hall–Kier alpha value is -4.46. The first kappa shape index (κ1) is 25.5. The van der Waals surface area contributed by atoms with Crippen LogP contribution < -0.4 is 10.3 Å². The fourth-order valence-electron chi connectivity index (χ4n) is 5.94. The summed E-state index contributed by atoms with van der Waals surface area (Å²) in [6.07, 6.45) is 0. The van der Waals surface area contributed by atoms with Gasteiger partial charge in [-0.3, -0.25) is 14.4 Å². The summed E-state index contributed by atoms with van der Waals surface area (Å²) in [6, 6.07) is 24.6. The molecule has 1 atom stereocenters. The second kappa shape index (κ2) is 9.29. The molecule has 4 aromatic carbocycles. The highest BCUT2D eigenvalue weighted by atomic mass is 35.5. The molecule has 1 aromatic heterocycles. The number of hydrogen-bond acceptors (Lipinski definition) is 4. The number of rotatable bonds is 4. The van der Waals surface area contributed by atoms with Crippen LogP contribution in [0.1, 0.15) is 32.8 Å².